The van der Waals surface area contributed by atoms with Gasteiger partial charge >= 0.3 is 0 Å². The molecule has 1 atom stereocenters. The Morgan fingerprint density at radius 1 is 1.57 bits per heavy atom. The van der Waals surface area contributed by atoms with Gasteiger partial charge in [-0.2, -0.15) is 0 Å². The van der Waals surface area contributed by atoms with Gasteiger partial charge in [0.25, 0.3) is 0 Å². The highest BCUT2D eigenvalue weighted by Crippen LogP contribution is 2.16. The number of rotatable bonds is 5. The van der Waals surface area contributed by atoms with Gasteiger partial charge < -0.3 is 5.32 Å². The van der Waals surface area contributed by atoms with Crippen LogP contribution >= 0.6 is 0 Å². The minimum Gasteiger partial charge on any atom is -0.311 e. The summed E-state index contributed by atoms with van der Waals surface area (Å²) in [6.07, 6.45) is 2.71. The van der Waals surface area contributed by atoms with Crippen LogP contribution in [0.2, 0.25) is 0 Å². The Balaban J connectivity index is 2.19. The first kappa shape index (κ1) is 11.7. The number of nitrogens with one attached hydrogen (secondary N) is 1. The lowest BCUT2D eigenvalue weighted by atomic mass is 10.2. The van der Waals surface area contributed by atoms with Gasteiger partial charge in [0, 0.05) is 25.2 Å². The van der Waals surface area contributed by atoms with Gasteiger partial charge in [-0.3, -0.25) is 4.90 Å². The Kier molecular flexibility index (Phi) is 4.63. The lowest BCUT2D eigenvalue weighted by Gasteiger charge is -2.22. The van der Waals surface area contributed by atoms with Gasteiger partial charge in [0.2, 0.25) is 0 Å². The van der Waals surface area contributed by atoms with E-state index < -0.39 is 0 Å². The number of nitrogens with zero attached hydrogens (tertiary/aromatic N) is 1. The lowest BCUT2D eigenvalue weighted by molar-refractivity contribution is 0.289. The molecule has 0 saturated carbocycles. The molecular weight excluding hydrogens is 172 g/mol. The Morgan fingerprint density at radius 3 is 2.79 bits per heavy atom. The number of hydrogen-bond acceptors (Lipinski definition) is 2. The summed E-state index contributed by atoms with van der Waals surface area (Å²) in [5.74, 6) is 0. The summed E-state index contributed by atoms with van der Waals surface area (Å²) in [4.78, 5) is 2.53. The predicted molar refractivity (Wildman–Crippen MR) is 62.5 cm³/mol. The first-order valence-corrected chi connectivity index (χ1v) is 5.73. The van der Waals surface area contributed by atoms with Crippen molar-refractivity contribution < 1.29 is 0 Å². The van der Waals surface area contributed by atoms with Crippen LogP contribution in [-0.4, -0.2) is 36.6 Å². The monoisotopic (exact) mass is 196 g/mol. The average Bonchev–Trinajstić information content (AvgIpc) is 2.49. The molecule has 0 radical (unpaired) electrons. The van der Waals surface area contributed by atoms with Crippen molar-refractivity contribution in [3.63, 3.8) is 0 Å². The highest BCUT2D eigenvalue weighted by molar-refractivity contribution is 5.01. The maximum Gasteiger partial charge on any atom is 0.0205 e. The summed E-state index contributed by atoms with van der Waals surface area (Å²) in [7, 11) is 0. The topological polar surface area (TPSA) is 15.3 Å². The van der Waals surface area contributed by atoms with E-state index in [1.807, 2.05) is 0 Å². The van der Waals surface area contributed by atoms with Crippen LogP contribution < -0.4 is 5.32 Å². The van der Waals surface area contributed by atoms with Crippen LogP contribution in [0.5, 0.6) is 0 Å². The van der Waals surface area contributed by atoms with E-state index in [2.05, 4.69) is 37.6 Å². The van der Waals surface area contributed by atoms with Crippen LogP contribution in [0, 0.1) is 0 Å². The van der Waals surface area contributed by atoms with E-state index in [4.69, 9.17) is 0 Å². The zero-order valence-electron chi connectivity index (χ0n) is 9.84. The van der Waals surface area contributed by atoms with Gasteiger partial charge in [-0.1, -0.05) is 20.4 Å². The SMILES string of the molecule is C=C(CNC(C)C)CN1CCCC1C. The van der Waals surface area contributed by atoms with E-state index in [0.717, 1.165) is 19.1 Å². The standard InChI is InChI=1S/C12H24N2/c1-10(2)13-8-11(3)9-14-7-5-6-12(14)4/h10,12-13H,3,5-9H2,1-2,4H3. The molecule has 1 unspecified atom stereocenters. The molecule has 1 rings (SSSR count). The van der Waals surface area contributed by atoms with E-state index in [-0.39, 0.29) is 0 Å². The van der Waals surface area contributed by atoms with Crippen molar-refractivity contribution in [2.24, 2.45) is 0 Å². The fourth-order valence-corrected chi connectivity index (χ4v) is 1.92. The summed E-state index contributed by atoms with van der Waals surface area (Å²) in [6.45, 7) is 14.1. The molecule has 0 aromatic rings. The zero-order chi connectivity index (χ0) is 10.6. The van der Waals surface area contributed by atoms with E-state index in [1.54, 1.807) is 0 Å². The summed E-state index contributed by atoms with van der Waals surface area (Å²) in [5.41, 5.74) is 1.31. The quantitative estimate of drug-likeness (QED) is 0.677. The first-order chi connectivity index (χ1) is 6.59. The third-order valence-corrected chi connectivity index (χ3v) is 2.88. The van der Waals surface area contributed by atoms with Gasteiger partial charge in [0.1, 0.15) is 0 Å². The molecule has 1 saturated heterocycles. The maximum absolute atomic E-state index is 4.12. The molecule has 14 heavy (non-hydrogen) atoms. The van der Waals surface area contributed by atoms with Crippen LogP contribution in [0.3, 0.4) is 0 Å². The molecule has 0 aromatic heterocycles. The van der Waals surface area contributed by atoms with Crippen LogP contribution in [-0.2, 0) is 0 Å². The van der Waals surface area contributed by atoms with Crippen molar-refractivity contribution in [1.29, 1.82) is 0 Å². The molecule has 82 valence electrons. The van der Waals surface area contributed by atoms with Crippen molar-refractivity contribution >= 4 is 0 Å². The molecule has 1 aliphatic heterocycles. The fraction of sp³-hybridized carbons (Fsp3) is 0.833. The molecule has 0 spiro atoms. The highest BCUT2D eigenvalue weighted by Gasteiger charge is 2.19. The van der Waals surface area contributed by atoms with E-state index in [9.17, 15) is 0 Å². The van der Waals surface area contributed by atoms with Gasteiger partial charge in [0.05, 0.1) is 0 Å². The first-order valence-electron chi connectivity index (χ1n) is 5.73. The van der Waals surface area contributed by atoms with Gasteiger partial charge in [0.15, 0.2) is 0 Å². The van der Waals surface area contributed by atoms with E-state index >= 15 is 0 Å². The largest absolute Gasteiger partial charge is 0.311 e. The predicted octanol–water partition coefficient (Wildman–Crippen LogP) is 2.02. The second kappa shape index (κ2) is 5.52. The maximum atomic E-state index is 4.12. The number of hydrogen-bond donors (Lipinski definition) is 1. The third-order valence-electron chi connectivity index (χ3n) is 2.88. The average molecular weight is 196 g/mol. The Morgan fingerprint density at radius 2 is 2.29 bits per heavy atom. The molecule has 1 aliphatic rings. The Bertz CT molecular complexity index is 187. The summed E-state index contributed by atoms with van der Waals surface area (Å²) in [5, 5.41) is 3.41. The van der Waals surface area contributed by atoms with Crippen molar-refractivity contribution in [2.45, 2.75) is 45.7 Å². The molecule has 0 aromatic carbocycles. The third kappa shape index (κ3) is 3.81. The minimum absolute atomic E-state index is 0.558. The summed E-state index contributed by atoms with van der Waals surface area (Å²) < 4.78 is 0. The molecular formula is C12H24N2. The smallest absolute Gasteiger partial charge is 0.0205 e. The highest BCUT2D eigenvalue weighted by atomic mass is 15.2. The molecule has 2 nitrogen and oxygen atoms in total. The molecule has 1 N–H and O–H groups in total. The van der Waals surface area contributed by atoms with E-state index in [1.165, 1.54) is 25.0 Å². The lowest BCUT2D eigenvalue weighted by Crippen LogP contribution is -2.33. The van der Waals surface area contributed by atoms with Crippen LogP contribution in [0.15, 0.2) is 12.2 Å². The van der Waals surface area contributed by atoms with Crippen molar-refractivity contribution in [2.75, 3.05) is 19.6 Å². The van der Waals surface area contributed by atoms with Gasteiger partial charge in [-0.15, -0.1) is 0 Å². The van der Waals surface area contributed by atoms with Crippen molar-refractivity contribution in [3.05, 3.63) is 12.2 Å². The van der Waals surface area contributed by atoms with Gasteiger partial charge in [-0.25, -0.2) is 0 Å². The van der Waals surface area contributed by atoms with E-state index in [0.29, 0.717) is 6.04 Å². The van der Waals surface area contributed by atoms with Crippen LogP contribution in [0.25, 0.3) is 0 Å². The molecule has 2 heteroatoms. The minimum atomic E-state index is 0.558. The molecule has 1 heterocycles. The summed E-state index contributed by atoms with van der Waals surface area (Å²) >= 11 is 0. The summed E-state index contributed by atoms with van der Waals surface area (Å²) in [6, 6.07) is 1.31. The Labute approximate surface area is 88.4 Å². The fourth-order valence-electron chi connectivity index (χ4n) is 1.92. The Hall–Kier alpha value is -0.340. The second-order valence-corrected chi connectivity index (χ2v) is 4.75. The zero-order valence-corrected chi connectivity index (χ0v) is 9.84. The van der Waals surface area contributed by atoms with Crippen molar-refractivity contribution in [3.8, 4) is 0 Å². The molecule has 1 fully saturated rings. The molecule has 0 bridgehead atoms. The van der Waals surface area contributed by atoms with Gasteiger partial charge in [-0.05, 0) is 31.9 Å². The number of likely N-dealkylation sites (tertiary alicyclic amines) is 1. The van der Waals surface area contributed by atoms with Crippen LogP contribution in [0.4, 0.5) is 0 Å². The second-order valence-electron chi connectivity index (χ2n) is 4.75. The normalized spacial score (nSPS) is 23.3. The van der Waals surface area contributed by atoms with Crippen LogP contribution in [0.1, 0.15) is 33.6 Å². The van der Waals surface area contributed by atoms with Crippen molar-refractivity contribution in [1.82, 2.24) is 10.2 Å². The molecule has 0 aliphatic carbocycles. The molecule has 0 amide bonds.